The van der Waals surface area contributed by atoms with Crippen molar-refractivity contribution in [2.24, 2.45) is 7.05 Å². The van der Waals surface area contributed by atoms with E-state index >= 15 is 0 Å². The van der Waals surface area contributed by atoms with Crippen LogP contribution in [-0.4, -0.2) is 21.1 Å². The summed E-state index contributed by atoms with van der Waals surface area (Å²) in [5, 5.41) is 1.02. The van der Waals surface area contributed by atoms with Gasteiger partial charge in [0.25, 0.3) is 0 Å². The van der Waals surface area contributed by atoms with Gasteiger partial charge >= 0.3 is 0 Å². The molecule has 0 fully saturated rings. The van der Waals surface area contributed by atoms with E-state index in [9.17, 15) is 4.79 Å². The highest BCUT2D eigenvalue weighted by Gasteiger charge is 2.01. The van der Waals surface area contributed by atoms with Gasteiger partial charge in [0.2, 0.25) is 0 Å². The summed E-state index contributed by atoms with van der Waals surface area (Å²) in [6.45, 7) is 1.91. The molecule has 1 heterocycles. The monoisotopic (exact) mass is 212 g/mol. The van der Waals surface area contributed by atoms with E-state index < -0.39 is 0 Å². The first-order chi connectivity index (χ1) is 6.74. The SMILES string of the molecule is CCC(=O)CCCSc1nccn1C. The normalized spacial score (nSPS) is 10.4. The molecule has 0 bridgehead atoms. The standard InChI is InChI=1S/C10H16N2OS/c1-3-9(13)5-4-8-14-10-11-6-7-12(10)2/h6-7H,3-5,8H2,1-2H3. The number of hydrogen-bond acceptors (Lipinski definition) is 3. The summed E-state index contributed by atoms with van der Waals surface area (Å²) < 4.78 is 1.99. The van der Waals surface area contributed by atoms with E-state index in [0.717, 1.165) is 17.3 Å². The van der Waals surface area contributed by atoms with E-state index in [1.165, 1.54) is 0 Å². The third-order valence-electron chi connectivity index (χ3n) is 2.00. The summed E-state index contributed by atoms with van der Waals surface area (Å²) in [5.74, 6) is 1.32. The van der Waals surface area contributed by atoms with Crippen molar-refractivity contribution in [1.82, 2.24) is 9.55 Å². The van der Waals surface area contributed by atoms with Crippen LogP contribution < -0.4 is 0 Å². The Morgan fingerprint density at radius 1 is 1.64 bits per heavy atom. The van der Waals surface area contributed by atoms with Crippen LogP contribution in [0, 0.1) is 0 Å². The molecule has 0 atom stereocenters. The van der Waals surface area contributed by atoms with Gasteiger partial charge in [0.1, 0.15) is 5.78 Å². The van der Waals surface area contributed by atoms with E-state index in [2.05, 4.69) is 4.98 Å². The number of carbonyl (C=O) groups is 1. The summed E-state index contributed by atoms with van der Waals surface area (Å²) in [6.07, 6.45) is 6.03. The topological polar surface area (TPSA) is 34.9 Å². The minimum atomic E-state index is 0.352. The van der Waals surface area contributed by atoms with Crippen LogP contribution in [0.4, 0.5) is 0 Å². The molecule has 0 aliphatic rings. The van der Waals surface area contributed by atoms with Crippen molar-refractivity contribution in [2.45, 2.75) is 31.3 Å². The van der Waals surface area contributed by atoms with Gasteiger partial charge in [0.05, 0.1) is 0 Å². The number of carbonyl (C=O) groups excluding carboxylic acids is 1. The molecule has 1 aromatic rings. The van der Waals surface area contributed by atoms with Gasteiger partial charge in [0.15, 0.2) is 5.16 Å². The molecular weight excluding hydrogens is 196 g/mol. The average Bonchev–Trinajstić information content (AvgIpc) is 2.58. The molecule has 0 aromatic carbocycles. The Morgan fingerprint density at radius 2 is 2.43 bits per heavy atom. The van der Waals surface area contributed by atoms with Crippen molar-refractivity contribution in [3.8, 4) is 0 Å². The number of aryl methyl sites for hydroxylation is 1. The molecule has 78 valence electrons. The second kappa shape index (κ2) is 5.86. The Labute approximate surface area is 88.9 Å². The van der Waals surface area contributed by atoms with Crippen LogP contribution >= 0.6 is 11.8 Å². The fraction of sp³-hybridized carbons (Fsp3) is 0.600. The lowest BCUT2D eigenvalue weighted by molar-refractivity contribution is -0.118. The number of Topliss-reactive ketones (excluding diaryl/α,β-unsaturated/α-hetero) is 1. The molecule has 0 aliphatic heterocycles. The molecule has 0 saturated heterocycles. The Kier molecular flexibility index (Phi) is 4.73. The predicted molar refractivity (Wildman–Crippen MR) is 58.5 cm³/mol. The van der Waals surface area contributed by atoms with E-state index in [1.54, 1.807) is 18.0 Å². The number of hydrogen-bond donors (Lipinski definition) is 0. The highest BCUT2D eigenvalue weighted by Crippen LogP contribution is 2.16. The molecule has 3 nitrogen and oxygen atoms in total. The number of imidazole rings is 1. The lowest BCUT2D eigenvalue weighted by Crippen LogP contribution is -1.96. The van der Waals surface area contributed by atoms with Gasteiger partial charge in [-0.05, 0) is 6.42 Å². The lowest BCUT2D eigenvalue weighted by Gasteiger charge is -2.00. The highest BCUT2D eigenvalue weighted by atomic mass is 32.2. The summed E-state index contributed by atoms with van der Waals surface area (Å²) in [4.78, 5) is 15.2. The number of nitrogens with zero attached hydrogens (tertiary/aromatic N) is 2. The fourth-order valence-electron chi connectivity index (χ4n) is 1.10. The summed E-state index contributed by atoms with van der Waals surface area (Å²) >= 11 is 1.71. The van der Waals surface area contributed by atoms with Crippen LogP contribution in [0.1, 0.15) is 26.2 Å². The van der Waals surface area contributed by atoms with Crippen molar-refractivity contribution < 1.29 is 4.79 Å². The van der Waals surface area contributed by atoms with Gasteiger partial charge in [-0.1, -0.05) is 18.7 Å². The first-order valence-electron chi connectivity index (χ1n) is 4.86. The number of ketones is 1. The van der Waals surface area contributed by atoms with E-state index in [0.29, 0.717) is 18.6 Å². The maximum absolute atomic E-state index is 11.0. The molecule has 0 aliphatic carbocycles. The van der Waals surface area contributed by atoms with Gasteiger partial charge < -0.3 is 4.57 Å². The highest BCUT2D eigenvalue weighted by molar-refractivity contribution is 7.99. The van der Waals surface area contributed by atoms with Crippen molar-refractivity contribution in [3.63, 3.8) is 0 Å². The second-order valence-corrected chi connectivity index (χ2v) is 4.23. The van der Waals surface area contributed by atoms with Crippen molar-refractivity contribution in [2.75, 3.05) is 5.75 Å². The van der Waals surface area contributed by atoms with E-state index in [4.69, 9.17) is 0 Å². The Morgan fingerprint density at radius 3 is 3.00 bits per heavy atom. The molecule has 0 saturated carbocycles. The van der Waals surface area contributed by atoms with Crippen molar-refractivity contribution in [3.05, 3.63) is 12.4 Å². The fourth-order valence-corrected chi connectivity index (χ4v) is 1.97. The Hall–Kier alpha value is -0.770. The van der Waals surface area contributed by atoms with Gasteiger partial charge in [-0.2, -0.15) is 0 Å². The molecule has 4 heteroatoms. The van der Waals surface area contributed by atoms with Crippen LogP contribution in [0.2, 0.25) is 0 Å². The molecule has 1 rings (SSSR count). The zero-order valence-electron chi connectivity index (χ0n) is 8.69. The molecule has 0 unspecified atom stereocenters. The Balaban J connectivity index is 2.16. The van der Waals surface area contributed by atoms with Crippen molar-refractivity contribution in [1.29, 1.82) is 0 Å². The smallest absolute Gasteiger partial charge is 0.167 e. The van der Waals surface area contributed by atoms with Crippen LogP contribution in [0.15, 0.2) is 17.6 Å². The van der Waals surface area contributed by atoms with Gasteiger partial charge in [-0.3, -0.25) is 4.79 Å². The second-order valence-electron chi connectivity index (χ2n) is 3.16. The van der Waals surface area contributed by atoms with Crippen LogP contribution in [0.5, 0.6) is 0 Å². The maximum atomic E-state index is 11.0. The Bertz CT molecular complexity index is 296. The summed E-state index contributed by atoms with van der Waals surface area (Å²) in [5.41, 5.74) is 0. The zero-order chi connectivity index (χ0) is 10.4. The van der Waals surface area contributed by atoms with Crippen LogP contribution in [-0.2, 0) is 11.8 Å². The minimum Gasteiger partial charge on any atom is -0.329 e. The van der Waals surface area contributed by atoms with E-state index in [-0.39, 0.29) is 0 Å². The largest absolute Gasteiger partial charge is 0.329 e. The third-order valence-corrected chi connectivity index (χ3v) is 3.15. The minimum absolute atomic E-state index is 0.352. The molecule has 1 aromatic heterocycles. The number of thioether (sulfide) groups is 1. The average molecular weight is 212 g/mol. The van der Waals surface area contributed by atoms with Gasteiger partial charge in [-0.15, -0.1) is 0 Å². The third kappa shape index (κ3) is 3.54. The summed E-state index contributed by atoms with van der Waals surface area (Å²) in [7, 11) is 1.98. The molecule has 14 heavy (non-hydrogen) atoms. The maximum Gasteiger partial charge on any atom is 0.167 e. The first-order valence-corrected chi connectivity index (χ1v) is 5.84. The van der Waals surface area contributed by atoms with Gasteiger partial charge in [0, 0.05) is 38.0 Å². The molecular formula is C10H16N2OS. The molecule has 0 N–H and O–H groups in total. The molecule has 0 amide bonds. The summed E-state index contributed by atoms with van der Waals surface area (Å²) in [6, 6.07) is 0. The molecule has 0 spiro atoms. The van der Waals surface area contributed by atoms with Crippen LogP contribution in [0.25, 0.3) is 0 Å². The zero-order valence-corrected chi connectivity index (χ0v) is 9.51. The van der Waals surface area contributed by atoms with Crippen LogP contribution in [0.3, 0.4) is 0 Å². The number of aromatic nitrogens is 2. The lowest BCUT2D eigenvalue weighted by atomic mass is 10.2. The first kappa shape index (κ1) is 11.3. The van der Waals surface area contributed by atoms with Crippen molar-refractivity contribution >= 4 is 17.5 Å². The quantitative estimate of drug-likeness (QED) is 0.536. The van der Waals surface area contributed by atoms with Gasteiger partial charge in [-0.25, -0.2) is 4.98 Å². The number of rotatable bonds is 6. The predicted octanol–water partition coefficient (Wildman–Crippen LogP) is 2.27. The molecule has 0 radical (unpaired) electrons. The van der Waals surface area contributed by atoms with E-state index in [1.807, 2.05) is 24.7 Å².